The largest absolute Gasteiger partial charge is 0.0991 e. The zero-order valence-electron chi connectivity index (χ0n) is 9.72. The third-order valence-corrected chi connectivity index (χ3v) is 1.21. The quantitative estimate of drug-likeness (QED) is 0.557. The Morgan fingerprint density at radius 2 is 1.50 bits per heavy atom. The van der Waals surface area contributed by atoms with E-state index >= 15 is 0 Å². The Morgan fingerprint density at radius 1 is 1.07 bits per heavy atom. The van der Waals surface area contributed by atoms with Gasteiger partial charge in [0.05, 0.1) is 0 Å². The zero-order valence-corrected chi connectivity index (χ0v) is 9.72. The van der Waals surface area contributed by atoms with Gasteiger partial charge in [-0.1, -0.05) is 70.4 Å². The van der Waals surface area contributed by atoms with E-state index in [1.165, 1.54) is 6.42 Å². The molecule has 0 saturated carbocycles. The summed E-state index contributed by atoms with van der Waals surface area (Å²) in [7, 11) is 0. The maximum atomic E-state index is 3.83. The average Bonchev–Trinajstić information content (AvgIpc) is 2.15. The Balaban J connectivity index is 0. The van der Waals surface area contributed by atoms with E-state index in [0.717, 1.165) is 11.1 Å². The summed E-state index contributed by atoms with van der Waals surface area (Å²) in [6.45, 7) is 17.4. The lowest BCUT2D eigenvalue weighted by Gasteiger charge is -1.95. The molecule has 0 aromatic rings. The van der Waals surface area contributed by atoms with Crippen LogP contribution in [0.5, 0.6) is 0 Å². The summed E-state index contributed by atoms with van der Waals surface area (Å²) in [5.41, 5.74) is 1.86. The third kappa shape index (κ3) is 10.7. The lowest BCUT2D eigenvalue weighted by atomic mass is 10.1. The lowest BCUT2D eigenvalue weighted by Crippen LogP contribution is -1.76. The molecular formula is C14H22. The van der Waals surface area contributed by atoms with Gasteiger partial charge in [-0.2, -0.15) is 0 Å². The molecule has 14 heavy (non-hydrogen) atoms. The fourth-order valence-electron chi connectivity index (χ4n) is 0.599. The molecule has 0 spiro atoms. The first-order valence-corrected chi connectivity index (χ1v) is 4.93. The lowest BCUT2D eigenvalue weighted by molar-refractivity contribution is 1.09. The Labute approximate surface area is 89.0 Å². The van der Waals surface area contributed by atoms with Crippen molar-refractivity contribution in [2.75, 3.05) is 0 Å². The molecule has 0 bridgehead atoms. The molecule has 0 fully saturated rings. The van der Waals surface area contributed by atoms with Crippen LogP contribution >= 0.6 is 0 Å². The summed E-state index contributed by atoms with van der Waals surface area (Å²) >= 11 is 0. The van der Waals surface area contributed by atoms with E-state index in [4.69, 9.17) is 0 Å². The van der Waals surface area contributed by atoms with Gasteiger partial charge in [-0.3, -0.25) is 0 Å². The third-order valence-electron chi connectivity index (χ3n) is 1.21. The van der Waals surface area contributed by atoms with Gasteiger partial charge in [-0.15, -0.1) is 0 Å². The van der Waals surface area contributed by atoms with Crippen LogP contribution in [0.15, 0.2) is 61.3 Å². The van der Waals surface area contributed by atoms with Crippen molar-refractivity contribution in [1.82, 2.24) is 0 Å². The Kier molecular flexibility index (Phi) is 12.7. The van der Waals surface area contributed by atoms with Gasteiger partial charge in [0, 0.05) is 0 Å². The number of rotatable bonds is 4. The van der Waals surface area contributed by atoms with Crippen molar-refractivity contribution in [3.63, 3.8) is 0 Å². The smallest absolute Gasteiger partial charge is 0.0262 e. The highest BCUT2D eigenvalue weighted by molar-refractivity contribution is 5.42. The van der Waals surface area contributed by atoms with Crippen LogP contribution in [0, 0.1) is 0 Å². The molecule has 0 atom stereocenters. The number of hydrogen-bond donors (Lipinski definition) is 0. The number of allylic oxidation sites excluding steroid dienone is 7. The monoisotopic (exact) mass is 190 g/mol. The van der Waals surface area contributed by atoms with Crippen LogP contribution in [0.1, 0.15) is 27.2 Å². The highest BCUT2D eigenvalue weighted by atomic mass is 13.9. The highest BCUT2D eigenvalue weighted by Gasteiger charge is 1.87. The van der Waals surface area contributed by atoms with Gasteiger partial charge in [-0.05, 0) is 18.1 Å². The highest BCUT2D eigenvalue weighted by Crippen LogP contribution is 2.07. The van der Waals surface area contributed by atoms with E-state index in [2.05, 4.69) is 33.6 Å². The van der Waals surface area contributed by atoms with Crippen molar-refractivity contribution >= 4 is 0 Å². The summed E-state index contributed by atoms with van der Waals surface area (Å²) in [5, 5.41) is 0. The standard InChI is InChI=1S/C11H14.C3H8/c1-5-7-9-11(4)10(3)8-6-2;1-3-2/h5-9H,1,3-4H2,2H3;3H2,1-2H3/b8-6-,9-7-;. The molecule has 0 radical (unpaired) electrons. The van der Waals surface area contributed by atoms with E-state index in [1.807, 2.05) is 31.2 Å². The van der Waals surface area contributed by atoms with E-state index in [0.29, 0.717) is 0 Å². The first-order chi connectivity index (χ1) is 6.63. The Bertz CT molecular complexity index is 226. The first kappa shape index (κ1) is 15.2. The molecule has 0 aliphatic heterocycles. The van der Waals surface area contributed by atoms with Gasteiger partial charge < -0.3 is 0 Å². The maximum absolute atomic E-state index is 3.83. The van der Waals surface area contributed by atoms with Crippen LogP contribution < -0.4 is 0 Å². The molecule has 0 saturated heterocycles. The van der Waals surface area contributed by atoms with E-state index in [-0.39, 0.29) is 0 Å². The van der Waals surface area contributed by atoms with E-state index in [1.54, 1.807) is 6.08 Å². The summed E-state index contributed by atoms with van der Waals surface area (Å²) in [6, 6.07) is 0. The van der Waals surface area contributed by atoms with E-state index in [9.17, 15) is 0 Å². The normalized spacial score (nSPS) is 9.64. The van der Waals surface area contributed by atoms with E-state index < -0.39 is 0 Å². The van der Waals surface area contributed by atoms with Gasteiger partial charge in [-0.25, -0.2) is 0 Å². The van der Waals surface area contributed by atoms with Crippen LogP contribution in [0.25, 0.3) is 0 Å². The fourth-order valence-corrected chi connectivity index (χ4v) is 0.599. The molecule has 0 heterocycles. The molecule has 0 amide bonds. The molecule has 0 aromatic carbocycles. The minimum absolute atomic E-state index is 0.919. The molecule has 0 heteroatoms. The molecule has 0 unspecified atom stereocenters. The van der Waals surface area contributed by atoms with Crippen molar-refractivity contribution in [3.05, 3.63) is 61.3 Å². The van der Waals surface area contributed by atoms with Gasteiger partial charge in [0.15, 0.2) is 0 Å². The minimum atomic E-state index is 0.919. The van der Waals surface area contributed by atoms with Gasteiger partial charge in [0.1, 0.15) is 0 Å². The second-order valence-corrected chi connectivity index (χ2v) is 2.85. The SMILES string of the molecule is C=C/C=C\C(=C)C(=C)/C=C\C.CCC. The van der Waals surface area contributed by atoms with Crippen LogP contribution in [-0.2, 0) is 0 Å². The molecule has 0 nitrogen and oxygen atoms in total. The van der Waals surface area contributed by atoms with Crippen molar-refractivity contribution in [1.29, 1.82) is 0 Å². The predicted molar refractivity (Wildman–Crippen MR) is 68.4 cm³/mol. The predicted octanol–water partition coefficient (Wildman–Crippen LogP) is 4.83. The van der Waals surface area contributed by atoms with Crippen molar-refractivity contribution < 1.29 is 0 Å². The Hall–Kier alpha value is -1.30. The number of hydrogen-bond acceptors (Lipinski definition) is 0. The average molecular weight is 190 g/mol. The summed E-state index contributed by atoms with van der Waals surface area (Å²) in [6.07, 6.45) is 10.6. The second kappa shape index (κ2) is 11.7. The van der Waals surface area contributed by atoms with Crippen molar-refractivity contribution in [3.8, 4) is 0 Å². The molecule has 0 aromatic heterocycles. The van der Waals surface area contributed by atoms with Crippen LogP contribution in [-0.4, -0.2) is 0 Å². The van der Waals surface area contributed by atoms with Gasteiger partial charge in [0.25, 0.3) is 0 Å². The topological polar surface area (TPSA) is 0 Å². The summed E-state index contributed by atoms with van der Waals surface area (Å²) in [5.74, 6) is 0. The molecule has 0 rings (SSSR count). The van der Waals surface area contributed by atoms with Gasteiger partial charge >= 0.3 is 0 Å². The second-order valence-electron chi connectivity index (χ2n) is 2.85. The van der Waals surface area contributed by atoms with Crippen LogP contribution in [0.4, 0.5) is 0 Å². The van der Waals surface area contributed by atoms with Gasteiger partial charge in [0.2, 0.25) is 0 Å². The van der Waals surface area contributed by atoms with Crippen molar-refractivity contribution in [2.24, 2.45) is 0 Å². The molecule has 0 aliphatic carbocycles. The molecule has 0 N–H and O–H groups in total. The van der Waals surface area contributed by atoms with Crippen LogP contribution in [0.3, 0.4) is 0 Å². The van der Waals surface area contributed by atoms with Crippen LogP contribution in [0.2, 0.25) is 0 Å². The summed E-state index contributed by atoms with van der Waals surface area (Å²) < 4.78 is 0. The summed E-state index contributed by atoms with van der Waals surface area (Å²) in [4.78, 5) is 0. The molecular weight excluding hydrogens is 168 g/mol. The molecule has 78 valence electrons. The molecule has 0 aliphatic rings. The Morgan fingerprint density at radius 3 is 1.86 bits per heavy atom. The minimum Gasteiger partial charge on any atom is -0.0991 e. The fraction of sp³-hybridized carbons (Fsp3) is 0.286. The maximum Gasteiger partial charge on any atom is -0.0262 e. The first-order valence-electron chi connectivity index (χ1n) is 4.93. The van der Waals surface area contributed by atoms with Crippen molar-refractivity contribution in [2.45, 2.75) is 27.2 Å². The zero-order chi connectivity index (χ0) is 11.4.